The van der Waals surface area contributed by atoms with E-state index in [1.54, 1.807) is 0 Å². The van der Waals surface area contributed by atoms with Gasteiger partial charge in [0.2, 0.25) is 0 Å². The zero-order chi connectivity index (χ0) is 19.3. The maximum Gasteiger partial charge on any atom is 0.416 e. The molecule has 0 heterocycles. The Hall–Kier alpha value is -1.81. The van der Waals surface area contributed by atoms with Crippen molar-refractivity contribution in [2.24, 2.45) is 5.73 Å². The highest BCUT2D eigenvalue weighted by Crippen LogP contribution is 2.36. The zero-order valence-corrected chi connectivity index (χ0v) is 13.0. The van der Waals surface area contributed by atoms with Gasteiger partial charge in [-0.2, -0.15) is 26.3 Å². The monoisotopic (exact) mass is 372 g/mol. The van der Waals surface area contributed by atoms with Crippen molar-refractivity contribution in [3.63, 3.8) is 0 Å². The number of unbranched alkanes of at least 4 members (excludes halogenated alkanes) is 1. The lowest BCUT2D eigenvalue weighted by atomic mass is 10.0. The summed E-state index contributed by atoms with van der Waals surface area (Å²) in [5.41, 5.74) is 2.46. The van der Waals surface area contributed by atoms with Crippen LogP contribution < -0.4 is 11.1 Å². The molecule has 25 heavy (non-hydrogen) atoms. The average Bonchev–Trinajstić information content (AvgIpc) is 2.48. The van der Waals surface area contributed by atoms with Crippen LogP contribution in [0.3, 0.4) is 0 Å². The Kier molecular flexibility index (Phi) is 7.24. The van der Waals surface area contributed by atoms with Crippen LogP contribution in [0.25, 0.3) is 0 Å². The Labute approximate surface area is 140 Å². The van der Waals surface area contributed by atoms with Gasteiger partial charge in [0.1, 0.15) is 6.04 Å². The van der Waals surface area contributed by atoms with E-state index in [9.17, 15) is 31.1 Å². The molecule has 0 fully saturated rings. The summed E-state index contributed by atoms with van der Waals surface area (Å²) in [6.45, 7) is 0.141. The van der Waals surface area contributed by atoms with Crippen molar-refractivity contribution < 1.29 is 36.2 Å². The molecule has 0 radical (unpaired) electrons. The van der Waals surface area contributed by atoms with Crippen LogP contribution in [0.15, 0.2) is 18.2 Å². The summed E-state index contributed by atoms with van der Waals surface area (Å²) in [7, 11) is 0. The average molecular weight is 372 g/mol. The summed E-state index contributed by atoms with van der Waals surface area (Å²) < 4.78 is 76.3. The molecule has 0 bridgehead atoms. The molecule has 1 aromatic rings. The molecule has 4 nitrogen and oxygen atoms in total. The van der Waals surface area contributed by atoms with E-state index in [0.717, 1.165) is 0 Å². The molecule has 0 aliphatic rings. The second-order valence-electron chi connectivity index (χ2n) is 5.53. The maximum atomic E-state index is 12.7. The molecule has 0 aliphatic carbocycles. The first-order valence-electron chi connectivity index (χ1n) is 7.38. The van der Waals surface area contributed by atoms with Gasteiger partial charge in [-0.25, -0.2) is 0 Å². The molecule has 142 valence electrons. The minimum atomic E-state index is -4.87. The van der Waals surface area contributed by atoms with Crippen molar-refractivity contribution in [2.75, 3.05) is 6.54 Å². The third-order valence-electron chi connectivity index (χ3n) is 3.41. The van der Waals surface area contributed by atoms with Gasteiger partial charge in [-0.1, -0.05) is 6.42 Å². The van der Waals surface area contributed by atoms with Crippen LogP contribution in [0.4, 0.5) is 26.3 Å². The number of nitrogens with one attached hydrogen (secondary N) is 1. The van der Waals surface area contributed by atoms with Gasteiger partial charge in [0.25, 0.3) is 0 Å². The van der Waals surface area contributed by atoms with Crippen LogP contribution in [-0.2, 0) is 23.7 Å². The van der Waals surface area contributed by atoms with Gasteiger partial charge in [-0.3, -0.25) is 4.79 Å². The van der Waals surface area contributed by atoms with Crippen molar-refractivity contribution in [3.05, 3.63) is 34.9 Å². The van der Waals surface area contributed by atoms with Crippen molar-refractivity contribution in [1.29, 1.82) is 0 Å². The lowest BCUT2D eigenvalue weighted by Gasteiger charge is -2.14. The van der Waals surface area contributed by atoms with Crippen LogP contribution in [0.2, 0.25) is 0 Å². The number of carboxylic acid groups (broad SMARTS) is 1. The molecule has 0 saturated heterocycles. The predicted molar refractivity (Wildman–Crippen MR) is 77.6 cm³/mol. The van der Waals surface area contributed by atoms with Crippen LogP contribution in [0, 0.1) is 0 Å². The molecule has 0 aliphatic heterocycles. The standard InChI is InChI=1S/C15H18F6N2O2/c16-14(17,18)10-5-9(6-11(7-10)15(19,20)21)8-23-4-2-1-3-12(22)13(24)25/h5-7,12,23H,1-4,8,22H2,(H,24,25)/t12-/m0/s1. The molecular formula is C15H18F6N2O2. The van der Waals surface area contributed by atoms with Crippen LogP contribution in [-0.4, -0.2) is 23.7 Å². The smallest absolute Gasteiger partial charge is 0.416 e. The van der Waals surface area contributed by atoms with Crippen molar-refractivity contribution in [2.45, 2.75) is 44.2 Å². The van der Waals surface area contributed by atoms with Gasteiger partial charge < -0.3 is 16.2 Å². The fraction of sp³-hybridized carbons (Fsp3) is 0.533. The number of carboxylic acids is 1. The fourth-order valence-electron chi connectivity index (χ4n) is 2.09. The number of nitrogens with two attached hydrogens (primary N) is 1. The summed E-state index contributed by atoms with van der Waals surface area (Å²) in [6, 6.07) is 0.430. The molecular weight excluding hydrogens is 354 g/mol. The Morgan fingerprint density at radius 1 is 1.04 bits per heavy atom. The van der Waals surface area contributed by atoms with E-state index >= 15 is 0 Å². The van der Waals surface area contributed by atoms with Crippen LogP contribution in [0.5, 0.6) is 0 Å². The summed E-state index contributed by atoms with van der Waals surface area (Å²) in [4.78, 5) is 10.5. The largest absolute Gasteiger partial charge is 0.480 e. The molecule has 10 heteroatoms. The number of aliphatic carboxylic acids is 1. The van der Waals surface area contributed by atoms with E-state index in [1.165, 1.54) is 0 Å². The van der Waals surface area contributed by atoms with E-state index in [1.807, 2.05) is 0 Å². The van der Waals surface area contributed by atoms with E-state index < -0.39 is 35.5 Å². The highest BCUT2D eigenvalue weighted by atomic mass is 19.4. The van der Waals surface area contributed by atoms with Gasteiger partial charge in [0.15, 0.2) is 0 Å². The van der Waals surface area contributed by atoms with E-state index in [0.29, 0.717) is 31.5 Å². The third-order valence-corrected chi connectivity index (χ3v) is 3.41. The van der Waals surface area contributed by atoms with E-state index in [-0.39, 0.29) is 24.6 Å². The van der Waals surface area contributed by atoms with Gasteiger partial charge in [-0.15, -0.1) is 0 Å². The van der Waals surface area contributed by atoms with Gasteiger partial charge >= 0.3 is 18.3 Å². The minimum Gasteiger partial charge on any atom is -0.480 e. The number of alkyl halides is 6. The first-order valence-corrected chi connectivity index (χ1v) is 7.38. The second-order valence-corrected chi connectivity index (χ2v) is 5.53. The second kappa shape index (κ2) is 8.52. The Bertz CT molecular complexity index is 554. The highest BCUT2D eigenvalue weighted by Gasteiger charge is 2.36. The molecule has 0 aromatic heterocycles. The SMILES string of the molecule is N[C@@H](CCCCNCc1cc(C(F)(F)F)cc(C(F)(F)F)c1)C(=O)O. The van der Waals surface area contributed by atoms with Crippen LogP contribution in [0.1, 0.15) is 36.0 Å². The number of carbonyl (C=O) groups is 1. The zero-order valence-electron chi connectivity index (χ0n) is 13.0. The minimum absolute atomic E-state index is 0.0801. The number of benzene rings is 1. The van der Waals surface area contributed by atoms with Crippen molar-refractivity contribution >= 4 is 5.97 Å². The van der Waals surface area contributed by atoms with Crippen LogP contribution >= 0.6 is 0 Å². The topological polar surface area (TPSA) is 75.3 Å². The number of halogens is 6. The lowest BCUT2D eigenvalue weighted by molar-refractivity contribution is -0.143. The maximum absolute atomic E-state index is 12.7. The predicted octanol–water partition coefficient (Wildman–Crippen LogP) is 3.40. The van der Waals surface area contributed by atoms with Gasteiger partial charge in [0, 0.05) is 6.54 Å². The Morgan fingerprint density at radius 3 is 2.00 bits per heavy atom. The van der Waals surface area contributed by atoms with Gasteiger partial charge in [0.05, 0.1) is 11.1 Å². The number of hydrogen-bond acceptors (Lipinski definition) is 3. The number of rotatable bonds is 8. The molecule has 0 unspecified atom stereocenters. The normalized spacial score (nSPS) is 13.7. The lowest BCUT2D eigenvalue weighted by Crippen LogP contribution is -2.30. The highest BCUT2D eigenvalue weighted by molar-refractivity contribution is 5.72. The molecule has 4 N–H and O–H groups in total. The summed E-state index contributed by atoms with van der Waals surface area (Å²) in [6.07, 6.45) is -8.55. The Balaban J connectivity index is 2.62. The fourth-order valence-corrected chi connectivity index (χ4v) is 2.09. The quantitative estimate of drug-likeness (QED) is 0.483. The summed E-state index contributed by atoms with van der Waals surface area (Å²) in [5.74, 6) is -1.13. The molecule has 0 saturated carbocycles. The van der Waals surface area contributed by atoms with Crippen molar-refractivity contribution in [1.82, 2.24) is 5.32 Å². The van der Waals surface area contributed by atoms with E-state index in [4.69, 9.17) is 10.8 Å². The molecule has 1 rings (SSSR count). The summed E-state index contributed by atoms with van der Waals surface area (Å²) in [5, 5.41) is 11.3. The molecule has 0 spiro atoms. The van der Waals surface area contributed by atoms with E-state index in [2.05, 4.69) is 5.32 Å². The van der Waals surface area contributed by atoms with Crippen molar-refractivity contribution in [3.8, 4) is 0 Å². The first kappa shape index (κ1) is 21.2. The Morgan fingerprint density at radius 2 is 1.56 bits per heavy atom. The number of hydrogen-bond donors (Lipinski definition) is 3. The molecule has 1 aromatic carbocycles. The third kappa shape index (κ3) is 7.30. The summed E-state index contributed by atoms with van der Waals surface area (Å²) >= 11 is 0. The molecule has 1 atom stereocenters. The molecule has 0 amide bonds. The first-order chi connectivity index (χ1) is 11.4. The van der Waals surface area contributed by atoms with Gasteiger partial charge in [-0.05, 0) is 43.1 Å².